The van der Waals surface area contributed by atoms with Crippen LogP contribution in [0, 0.1) is 5.82 Å². The Labute approximate surface area is 105 Å². The molecule has 0 saturated heterocycles. The van der Waals surface area contributed by atoms with Crippen molar-refractivity contribution in [3.63, 3.8) is 0 Å². The number of aromatic nitrogens is 1. The summed E-state index contributed by atoms with van der Waals surface area (Å²) in [6, 6.07) is 7.68. The summed E-state index contributed by atoms with van der Waals surface area (Å²) in [7, 11) is 0. The molecule has 0 aliphatic rings. The van der Waals surface area contributed by atoms with Gasteiger partial charge in [-0.25, -0.2) is 4.39 Å². The van der Waals surface area contributed by atoms with E-state index in [2.05, 4.69) is 4.98 Å². The first-order valence-electron chi connectivity index (χ1n) is 5.79. The molecule has 2 aromatic rings. The topological polar surface area (TPSA) is 48.1 Å². The number of nitrogens with two attached hydrogens (primary N) is 1. The van der Waals surface area contributed by atoms with Crippen molar-refractivity contribution in [2.75, 3.05) is 6.61 Å². The number of rotatable bonds is 4. The summed E-state index contributed by atoms with van der Waals surface area (Å²) in [5.41, 5.74) is 7.60. The second-order valence-corrected chi connectivity index (χ2v) is 3.92. The van der Waals surface area contributed by atoms with Gasteiger partial charge in [0.2, 0.25) is 0 Å². The summed E-state index contributed by atoms with van der Waals surface area (Å²) < 4.78 is 18.5. The first-order chi connectivity index (χ1) is 8.70. The lowest BCUT2D eigenvalue weighted by atomic mass is 10.0. The Morgan fingerprint density at radius 2 is 2.11 bits per heavy atom. The smallest absolute Gasteiger partial charge is 0.137 e. The monoisotopic (exact) mass is 246 g/mol. The van der Waals surface area contributed by atoms with Gasteiger partial charge in [-0.3, -0.25) is 4.98 Å². The number of hydrogen-bond donors (Lipinski definition) is 1. The molecule has 1 atom stereocenters. The first kappa shape index (κ1) is 12.5. The van der Waals surface area contributed by atoms with E-state index in [0.29, 0.717) is 17.9 Å². The molecule has 0 amide bonds. The molecule has 0 aliphatic carbocycles. The minimum Gasteiger partial charge on any atom is -0.492 e. The van der Waals surface area contributed by atoms with Crippen molar-refractivity contribution in [3.05, 3.63) is 59.7 Å². The highest BCUT2D eigenvalue weighted by molar-refractivity contribution is 5.33. The Balaban J connectivity index is 2.27. The second kappa shape index (κ2) is 5.60. The fraction of sp³-hybridized carbons (Fsp3) is 0.214. The van der Waals surface area contributed by atoms with Crippen LogP contribution < -0.4 is 10.5 Å². The number of hydrogen-bond acceptors (Lipinski definition) is 3. The highest BCUT2D eigenvalue weighted by Gasteiger charge is 2.10. The third-order valence-corrected chi connectivity index (χ3v) is 2.61. The van der Waals surface area contributed by atoms with E-state index in [0.717, 1.165) is 5.56 Å². The van der Waals surface area contributed by atoms with Crippen LogP contribution in [0.1, 0.15) is 24.1 Å². The Bertz CT molecular complexity index is 531. The van der Waals surface area contributed by atoms with Gasteiger partial charge in [-0.1, -0.05) is 12.1 Å². The van der Waals surface area contributed by atoms with Crippen molar-refractivity contribution in [1.82, 2.24) is 4.98 Å². The van der Waals surface area contributed by atoms with E-state index in [-0.39, 0.29) is 5.82 Å². The van der Waals surface area contributed by atoms with Crippen LogP contribution in [0.15, 0.2) is 42.7 Å². The molecule has 0 fully saturated rings. The fourth-order valence-electron chi connectivity index (χ4n) is 1.74. The highest BCUT2D eigenvalue weighted by atomic mass is 19.1. The molecule has 0 radical (unpaired) electrons. The molecule has 3 nitrogen and oxygen atoms in total. The molecule has 1 aromatic carbocycles. The lowest BCUT2D eigenvalue weighted by Gasteiger charge is -2.13. The molecular formula is C14H15FN2O. The minimum atomic E-state index is -0.409. The van der Waals surface area contributed by atoms with Crippen LogP contribution in [-0.4, -0.2) is 11.6 Å². The van der Waals surface area contributed by atoms with Crippen LogP contribution in [0.25, 0.3) is 0 Å². The van der Waals surface area contributed by atoms with Crippen LogP contribution in [0.2, 0.25) is 0 Å². The normalized spacial score (nSPS) is 12.2. The molecule has 2 N–H and O–H groups in total. The lowest BCUT2D eigenvalue weighted by molar-refractivity contribution is 0.338. The van der Waals surface area contributed by atoms with Gasteiger partial charge < -0.3 is 10.5 Å². The molecule has 1 aromatic heterocycles. The highest BCUT2D eigenvalue weighted by Crippen LogP contribution is 2.22. The van der Waals surface area contributed by atoms with Crippen LogP contribution >= 0.6 is 0 Å². The van der Waals surface area contributed by atoms with E-state index in [1.807, 2.05) is 13.0 Å². The van der Waals surface area contributed by atoms with Crippen LogP contribution in [0.3, 0.4) is 0 Å². The van der Waals surface area contributed by atoms with Gasteiger partial charge in [-0.15, -0.1) is 0 Å². The number of halogens is 1. The maximum absolute atomic E-state index is 13.1. The molecule has 4 heteroatoms. The molecule has 18 heavy (non-hydrogen) atoms. The Morgan fingerprint density at radius 1 is 1.28 bits per heavy atom. The Kier molecular flexibility index (Phi) is 3.89. The number of pyridine rings is 1. The largest absolute Gasteiger partial charge is 0.492 e. The minimum absolute atomic E-state index is 0.295. The summed E-state index contributed by atoms with van der Waals surface area (Å²) in [6.45, 7) is 2.47. The van der Waals surface area contributed by atoms with Gasteiger partial charge in [0.25, 0.3) is 0 Å². The van der Waals surface area contributed by atoms with Crippen molar-refractivity contribution in [1.29, 1.82) is 0 Å². The van der Waals surface area contributed by atoms with Crippen LogP contribution in [0.5, 0.6) is 5.75 Å². The number of nitrogens with zero attached hydrogens (tertiary/aromatic N) is 1. The average molecular weight is 246 g/mol. The predicted molar refractivity (Wildman–Crippen MR) is 67.8 cm³/mol. The fourth-order valence-corrected chi connectivity index (χ4v) is 1.74. The van der Waals surface area contributed by atoms with Gasteiger partial charge in [0, 0.05) is 6.20 Å². The molecule has 0 spiro atoms. The van der Waals surface area contributed by atoms with Crippen molar-refractivity contribution >= 4 is 0 Å². The van der Waals surface area contributed by atoms with Crippen molar-refractivity contribution in [2.45, 2.75) is 13.0 Å². The standard InChI is InChI=1S/C14H15FN2O/c1-2-18-13-7-11(8-17-9-13)14(16)10-4-3-5-12(15)6-10/h3-9,14H,2,16H2,1H3. The molecule has 0 aliphatic heterocycles. The predicted octanol–water partition coefficient (Wildman–Crippen LogP) is 2.67. The first-order valence-corrected chi connectivity index (χ1v) is 5.79. The van der Waals surface area contributed by atoms with Crippen molar-refractivity contribution in [3.8, 4) is 5.75 Å². The van der Waals surface area contributed by atoms with Gasteiger partial charge >= 0.3 is 0 Å². The molecule has 94 valence electrons. The van der Waals surface area contributed by atoms with E-state index in [1.165, 1.54) is 12.1 Å². The van der Waals surface area contributed by atoms with Gasteiger partial charge in [-0.05, 0) is 36.2 Å². The zero-order chi connectivity index (χ0) is 13.0. The SMILES string of the molecule is CCOc1cncc(C(N)c2cccc(F)c2)c1. The summed E-state index contributed by atoms with van der Waals surface area (Å²) in [4.78, 5) is 4.07. The van der Waals surface area contributed by atoms with Gasteiger partial charge in [0.15, 0.2) is 0 Å². The van der Waals surface area contributed by atoms with E-state index in [4.69, 9.17) is 10.5 Å². The van der Waals surface area contributed by atoms with Crippen LogP contribution in [-0.2, 0) is 0 Å². The maximum atomic E-state index is 13.1. The van der Waals surface area contributed by atoms with Crippen LogP contribution in [0.4, 0.5) is 4.39 Å². The molecule has 0 saturated carbocycles. The van der Waals surface area contributed by atoms with Gasteiger partial charge in [0.1, 0.15) is 11.6 Å². The molecule has 1 unspecified atom stereocenters. The van der Waals surface area contributed by atoms with E-state index < -0.39 is 6.04 Å². The summed E-state index contributed by atoms with van der Waals surface area (Å²) in [5.74, 6) is 0.374. The average Bonchev–Trinajstić information content (AvgIpc) is 2.39. The van der Waals surface area contributed by atoms with E-state index in [9.17, 15) is 4.39 Å². The van der Waals surface area contributed by atoms with Crippen molar-refractivity contribution in [2.24, 2.45) is 5.73 Å². The lowest BCUT2D eigenvalue weighted by Crippen LogP contribution is -2.12. The molecule has 1 heterocycles. The number of ether oxygens (including phenoxy) is 1. The third kappa shape index (κ3) is 2.84. The van der Waals surface area contributed by atoms with Gasteiger partial charge in [0.05, 0.1) is 18.8 Å². The molecular weight excluding hydrogens is 231 g/mol. The third-order valence-electron chi connectivity index (χ3n) is 2.61. The van der Waals surface area contributed by atoms with E-state index in [1.54, 1.807) is 24.5 Å². The summed E-state index contributed by atoms with van der Waals surface area (Å²) in [5, 5.41) is 0. The van der Waals surface area contributed by atoms with Crippen molar-refractivity contribution < 1.29 is 9.13 Å². The van der Waals surface area contributed by atoms with E-state index >= 15 is 0 Å². The summed E-state index contributed by atoms with van der Waals surface area (Å²) in [6.07, 6.45) is 3.30. The quantitative estimate of drug-likeness (QED) is 0.902. The maximum Gasteiger partial charge on any atom is 0.137 e. The second-order valence-electron chi connectivity index (χ2n) is 3.92. The zero-order valence-corrected chi connectivity index (χ0v) is 10.1. The zero-order valence-electron chi connectivity index (χ0n) is 10.1. The van der Waals surface area contributed by atoms with Gasteiger partial charge in [-0.2, -0.15) is 0 Å². The Morgan fingerprint density at radius 3 is 2.83 bits per heavy atom. The Hall–Kier alpha value is -1.94. The number of benzene rings is 1. The molecule has 0 bridgehead atoms. The molecule has 2 rings (SSSR count). The summed E-state index contributed by atoms with van der Waals surface area (Å²) >= 11 is 0.